The van der Waals surface area contributed by atoms with Gasteiger partial charge in [0.05, 0.1) is 34.4 Å². The first-order valence-electron chi connectivity index (χ1n) is 17.8. The summed E-state index contributed by atoms with van der Waals surface area (Å²) in [4.78, 5) is 11.7. The second kappa shape index (κ2) is 29.7. The molecule has 0 aromatic carbocycles. The molecule has 0 rings (SSSR count). The van der Waals surface area contributed by atoms with Gasteiger partial charge in [-0.3, -0.25) is 4.57 Å². The fraction of sp³-hybridized carbons (Fsp3) is 1.00. The fourth-order valence-corrected chi connectivity index (χ4v) is 5.81. The van der Waals surface area contributed by atoms with Crippen LogP contribution in [0.3, 0.4) is 0 Å². The molecular formula is C34H72NO6P. The molecule has 0 radical (unpaired) electrons. The van der Waals surface area contributed by atoms with Gasteiger partial charge in [0.2, 0.25) is 0 Å². The van der Waals surface area contributed by atoms with Crippen LogP contribution in [-0.4, -0.2) is 69.8 Å². The maximum atomic E-state index is 11.7. The van der Waals surface area contributed by atoms with Gasteiger partial charge >= 0.3 is 0 Å². The summed E-state index contributed by atoms with van der Waals surface area (Å²) in [5.41, 5.74) is 0. The zero-order valence-electron chi connectivity index (χ0n) is 28.5. The molecule has 0 bridgehead atoms. The van der Waals surface area contributed by atoms with E-state index >= 15 is 0 Å². The van der Waals surface area contributed by atoms with Gasteiger partial charge in [-0.25, -0.2) is 0 Å². The second-order valence-electron chi connectivity index (χ2n) is 13.5. The number of aliphatic hydroxyl groups is 1. The lowest BCUT2D eigenvalue weighted by Crippen LogP contribution is -2.37. The minimum absolute atomic E-state index is 0.0520. The number of hydrogen-bond donors (Lipinski definition) is 1. The number of rotatable bonds is 34. The van der Waals surface area contributed by atoms with E-state index in [4.69, 9.17) is 13.8 Å². The summed E-state index contributed by atoms with van der Waals surface area (Å²) >= 11 is 0. The van der Waals surface area contributed by atoms with E-state index in [0.29, 0.717) is 17.6 Å². The Morgan fingerprint density at radius 2 is 0.929 bits per heavy atom. The van der Waals surface area contributed by atoms with E-state index in [0.717, 1.165) is 12.8 Å². The van der Waals surface area contributed by atoms with Crippen LogP contribution < -0.4 is 4.89 Å². The second-order valence-corrected chi connectivity index (χ2v) is 14.9. The predicted molar refractivity (Wildman–Crippen MR) is 176 cm³/mol. The molecule has 0 aliphatic carbocycles. The number of nitrogens with zero attached hydrogens (tertiary/aromatic N) is 1. The Morgan fingerprint density at radius 3 is 1.29 bits per heavy atom. The SMILES string of the molecule is CCCCCCCCCCCCCCCCCCCCCCCCCCOCC(O)COP(=O)([O-])OCC[N+](C)(C)C. The van der Waals surface area contributed by atoms with Crippen molar-refractivity contribution >= 4 is 7.82 Å². The lowest BCUT2D eigenvalue weighted by Gasteiger charge is -2.27. The van der Waals surface area contributed by atoms with E-state index in [-0.39, 0.29) is 19.8 Å². The van der Waals surface area contributed by atoms with Crippen LogP contribution in [0.25, 0.3) is 0 Å². The molecule has 0 spiro atoms. The highest BCUT2D eigenvalue weighted by atomic mass is 31.2. The number of hydrogen-bond acceptors (Lipinski definition) is 6. The summed E-state index contributed by atoms with van der Waals surface area (Å²) in [6.07, 6.45) is 32.0. The monoisotopic (exact) mass is 622 g/mol. The molecule has 0 aliphatic rings. The van der Waals surface area contributed by atoms with Crippen molar-refractivity contribution in [1.82, 2.24) is 0 Å². The fourth-order valence-electron chi connectivity index (χ4n) is 5.08. The van der Waals surface area contributed by atoms with Gasteiger partial charge < -0.3 is 28.3 Å². The standard InChI is InChI=1S/C34H72NO6P/c1-5-6-7-8-9-10-11-12-13-14-15-16-17-18-19-20-21-22-23-24-25-26-27-28-30-39-32-34(36)33-41-42(37,38)40-31-29-35(2,3)4/h34,36H,5-33H2,1-4H3. The third kappa shape index (κ3) is 34.5. The van der Waals surface area contributed by atoms with Crippen LogP contribution in [0, 0.1) is 0 Å². The van der Waals surface area contributed by atoms with E-state index in [9.17, 15) is 14.6 Å². The van der Waals surface area contributed by atoms with Gasteiger partial charge in [0.1, 0.15) is 19.3 Å². The minimum Gasteiger partial charge on any atom is -0.756 e. The number of phosphoric ester groups is 1. The van der Waals surface area contributed by atoms with E-state index in [1.165, 1.54) is 141 Å². The molecule has 0 aliphatic heterocycles. The van der Waals surface area contributed by atoms with Crippen molar-refractivity contribution in [3.63, 3.8) is 0 Å². The quantitative estimate of drug-likeness (QED) is 0.0438. The van der Waals surface area contributed by atoms with Crippen molar-refractivity contribution in [2.75, 3.05) is 54.1 Å². The van der Waals surface area contributed by atoms with E-state index < -0.39 is 13.9 Å². The summed E-state index contributed by atoms with van der Waals surface area (Å²) < 4.78 is 27.4. The Hall–Kier alpha value is -0.0100. The number of phosphoric acid groups is 1. The average molecular weight is 622 g/mol. The summed E-state index contributed by atoms with van der Waals surface area (Å²) in [6, 6.07) is 0. The van der Waals surface area contributed by atoms with Crippen molar-refractivity contribution < 1.29 is 32.8 Å². The predicted octanol–water partition coefficient (Wildman–Crippen LogP) is 8.95. The summed E-state index contributed by atoms with van der Waals surface area (Å²) in [6.45, 7) is 3.18. The van der Waals surface area contributed by atoms with Crippen LogP contribution in [0.2, 0.25) is 0 Å². The molecule has 0 fully saturated rings. The van der Waals surface area contributed by atoms with Crippen LogP contribution in [0.5, 0.6) is 0 Å². The first-order valence-corrected chi connectivity index (χ1v) is 19.3. The molecule has 8 heteroatoms. The van der Waals surface area contributed by atoms with Crippen LogP contribution in [0.1, 0.15) is 161 Å². The van der Waals surface area contributed by atoms with Crippen molar-refractivity contribution in [1.29, 1.82) is 0 Å². The molecule has 254 valence electrons. The Kier molecular flexibility index (Phi) is 29.7. The Morgan fingerprint density at radius 1 is 0.571 bits per heavy atom. The number of quaternary nitrogens is 1. The molecule has 2 atom stereocenters. The van der Waals surface area contributed by atoms with Gasteiger partial charge in [-0.1, -0.05) is 155 Å². The molecule has 42 heavy (non-hydrogen) atoms. The molecule has 0 amide bonds. The highest BCUT2D eigenvalue weighted by Crippen LogP contribution is 2.38. The molecule has 0 aromatic heterocycles. The van der Waals surface area contributed by atoms with Crippen molar-refractivity contribution in [2.24, 2.45) is 0 Å². The van der Waals surface area contributed by atoms with Crippen LogP contribution in [0.4, 0.5) is 0 Å². The first kappa shape index (κ1) is 42.0. The third-order valence-corrected chi connectivity index (χ3v) is 8.85. The number of unbranched alkanes of at least 4 members (excludes halogenated alkanes) is 23. The number of likely N-dealkylation sites (N-methyl/N-ethyl adjacent to an activating group) is 1. The zero-order valence-corrected chi connectivity index (χ0v) is 29.4. The van der Waals surface area contributed by atoms with Gasteiger partial charge in [-0.2, -0.15) is 0 Å². The number of aliphatic hydroxyl groups excluding tert-OH is 1. The lowest BCUT2D eigenvalue weighted by molar-refractivity contribution is -0.870. The van der Waals surface area contributed by atoms with Gasteiger partial charge in [0.15, 0.2) is 0 Å². The Balaban J connectivity index is 3.27. The van der Waals surface area contributed by atoms with Gasteiger partial charge in [0, 0.05) is 6.61 Å². The van der Waals surface area contributed by atoms with Crippen molar-refractivity contribution in [3.8, 4) is 0 Å². The average Bonchev–Trinajstić information content (AvgIpc) is 2.93. The van der Waals surface area contributed by atoms with E-state index in [1.54, 1.807) is 0 Å². The smallest absolute Gasteiger partial charge is 0.268 e. The van der Waals surface area contributed by atoms with Crippen molar-refractivity contribution in [2.45, 2.75) is 167 Å². The zero-order chi connectivity index (χ0) is 31.2. The molecule has 0 heterocycles. The molecule has 0 saturated carbocycles. The van der Waals surface area contributed by atoms with E-state index in [1.807, 2.05) is 21.1 Å². The maximum Gasteiger partial charge on any atom is 0.268 e. The van der Waals surface area contributed by atoms with Gasteiger partial charge in [-0.05, 0) is 6.42 Å². The number of ether oxygens (including phenoxy) is 1. The highest BCUT2D eigenvalue weighted by Gasteiger charge is 2.15. The highest BCUT2D eigenvalue weighted by molar-refractivity contribution is 7.45. The third-order valence-electron chi connectivity index (χ3n) is 7.89. The summed E-state index contributed by atoms with van der Waals surface area (Å²) in [7, 11) is 1.45. The Bertz CT molecular complexity index is 601. The van der Waals surface area contributed by atoms with Crippen LogP contribution in [-0.2, 0) is 18.3 Å². The lowest BCUT2D eigenvalue weighted by atomic mass is 10.0. The van der Waals surface area contributed by atoms with Gasteiger partial charge in [0.25, 0.3) is 7.82 Å². The molecule has 2 unspecified atom stereocenters. The minimum atomic E-state index is -4.39. The molecule has 1 N–H and O–H groups in total. The summed E-state index contributed by atoms with van der Waals surface area (Å²) in [5, 5.41) is 9.89. The topological polar surface area (TPSA) is 88.0 Å². The molecule has 0 aromatic rings. The van der Waals surface area contributed by atoms with Crippen LogP contribution in [0.15, 0.2) is 0 Å². The molecule has 7 nitrogen and oxygen atoms in total. The van der Waals surface area contributed by atoms with Gasteiger partial charge in [-0.15, -0.1) is 0 Å². The first-order chi connectivity index (χ1) is 20.2. The molecule has 0 saturated heterocycles. The largest absolute Gasteiger partial charge is 0.756 e. The van der Waals surface area contributed by atoms with Crippen molar-refractivity contribution in [3.05, 3.63) is 0 Å². The summed E-state index contributed by atoms with van der Waals surface area (Å²) in [5.74, 6) is 0. The van der Waals surface area contributed by atoms with Crippen LogP contribution >= 0.6 is 7.82 Å². The maximum absolute atomic E-state index is 11.7. The normalized spacial score (nSPS) is 14.3. The van der Waals surface area contributed by atoms with E-state index in [2.05, 4.69) is 6.92 Å². The Labute approximate surface area is 261 Å². The molecular weight excluding hydrogens is 549 g/mol.